The minimum atomic E-state index is 0.370. The first-order chi connectivity index (χ1) is 11.2. The Labute approximate surface area is 142 Å². The Hall–Kier alpha value is -0.160. The van der Waals surface area contributed by atoms with Gasteiger partial charge in [0.1, 0.15) is 0 Å². The molecule has 3 fully saturated rings. The molecule has 0 aromatic heterocycles. The summed E-state index contributed by atoms with van der Waals surface area (Å²) in [7, 11) is 0. The Morgan fingerprint density at radius 3 is 2.52 bits per heavy atom. The minimum Gasteiger partial charge on any atom is -0.376 e. The van der Waals surface area contributed by atoms with Gasteiger partial charge in [0, 0.05) is 38.3 Å². The van der Waals surface area contributed by atoms with E-state index in [1.807, 2.05) is 0 Å². The zero-order valence-corrected chi connectivity index (χ0v) is 15.2. The zero-order chi connectivity index (χ0) is 16.1. The molecule has 0 radical (unpaired) electrons. The summed E-state index contributed by atoms with van der Waals surface area (Å²) in [5, 5.41) is 0. The summed E-state index contributed by atoms with van der Waals surface area (Å²) in [4.78, 5) is 5.40. The van der Waals surface area contributed by atoms with Gasteiger partial charge in [-0.15, -0.1) is 0 Å². The molecule has 2 atom stereocenters. The molecule has 0 N–H and O–H groups in total. The maximum Gasteiger partial charge on any atom is 0.0809 e. The van der Waals surface area contributed by atoms with E-state index in [0.717, 1.165) is 19.3 Å². The Kier molecular flexibility index (Phi) is 6.75. The van der Waals surface area contributed by atoms with Crippen LogP contribution in [0.2, 0.25) is 0 Å². The van der Waals surface area contributed by atoms with Crippen molar-refractivity contribution < 1.29 is 9.47 Å². The van der Waals surface area contributed by atoms with Gasteiger partial charge in [-0.25, -0.2) is 0 Å². The van der Waals surface area contributed by atoms with E-state index >= 15 is 0 Å². The number of ether oxygens (including phenoxy) is 2. The minimum absolute atomic E-state index is 0.370. The molecule has 3 rings (SSSR count). The molecule has 3 heterocycles. The van der Waals surface area contributed by atoms with E-state index < -0.39 is 0 Å². The topological polar surface area (TPSA) is 24.9 Å². The van der Waals surface area contributed by atoms with Crippen LogP contribution in [0.5, 0.6) is 0 Å². The van der Waals surface area contributed by atoms with Crippen molar-refractivity contribution in [2.75, 3.05) is 39.4 Å². The highest BCUT2D eigenvalue weighted by atomic mass is 16.5. The number of likely N-dealkylation sites (tertiary alicyclic amines) is 2. The van der Waals surface area contributed by atoms with Crippen molar-refractivity contribution in [1.82, 2.24) is 9.80 Å². The van der Waals surface area contributed by atoms with Crippen LogP contribution in [0.3, 0.4) is 0 Å². The SMILES string of the molecule is CC(C)N1CCCC[C@H]1CN1CCC(OC[C@H]2CCCO2)CC1. The Morgan fingerprint density at radius 1 is 1.00 bits per heavy atom. The number of nitrogens with zero attached hydrogens (tertiary/aromatic N) is 2. The van der Waals surface area contributed by atoms with Gasteiger partial charge in [0.25, 0.3) is 0 Å². The predicted molar refractivity (Wildman–Crippen MR) is 93.9 cm³/mol. The van der Waals surface area contributed by atoms with Gasteiger partial charge in [0.2, 0.25) is 0 Å². The van der Waals surface area contributed by atoms with Crippen LogP contribution in [0.15, 0.2) is 0 Å². The lowest BCUT2D eigenvalue weighted by Crippen LogP contribution is -2.51. The third kappa shape index (κ3) is 5.15. The summed E-state index contributed by atoms with van der Waals surface area (Å²) >= 11 is 0. The number of hydrogen-bond donors (Lipinski definition) is 0. The summed E-state index contributed by atoms with van der Waals surface area (Å²) < 4.78 is 11.8. The standard InChI is InChI=1S/C19H36N2O2/c1-16(2)21-10-4-3-6-17(21)14-20-11-8-18(9-12-20)23-15-19-7-5-13-22-19/h16-19H,3-15H2,1-2H3/t17-,19+/m0/s1. The Bertz CT molecular complexity index is 336. The Morgan fingerprint density at radius 2 is 1.83 bits per heavy atom. The molecule has 3 aliphatic rings. The molecule has 0 unspecified atom stereocenters. The van der Waals surface area contributed by atoms with Crippen LogP contribution in [0.4, 0.5) is 0 Å². The maximum absolute atomic E-state index is 6.10. The molecule has 0 aliphatic carbocycles. The van der Waals surface area contributed by atoms with Gasteiger partial charge in [0.05, 0.1) is 18.8 Å². The predicted octanol–water partition coefficient (Wildman–Crippen LogP) is 2.91. The van der Waals surface area contributed by atoms with E-state index in [-0.39, 0.29) is 0 Å². The molecule has 0 aromatic rings. The molecule has 0 saturated carbocycles. The molecule has 0 bridgehead atoms. The zero-order valence-electron chi connectivity index (χ0n) is 15.2. The lowest BCUT2D eigenvalue weighted by atomic mass is 9.98. The van der Waals surface area contributed by atoms with Crippen molar-refractivity contribution >= 4 is 0 Å². The van der Waals surface area contributed by atoms with Crippen LogP contribution in [-0.2, 0) is 9.47 Å². The largest absolute Gasteiger partial charge is 0.376 e. The van der Waals surface area contributed by atoms with Crippen molar-refractivity contribution in [3.05, 3.63) is 0 Å². The van der Waals surface area contributed by atoms with E-state index in [2.05, 4.69) is 23.6 Å². The van der Waals surface area contributed by atoms with Gasteiger partial charge in [-0.05, 0) is 58.9 Å². The van der Waals surface area contributed by atoms with E-state index in [1.165, 1.54) is 71.1 Å². The van der Waals surface area contributed by atoms with Gasteiger partial charge in [-0.2, -0.15) is 0 Å². The monoisotopic (exact) mass is 324 g/mol. The number of hydrogen-bond acceptors (Lipinski definition) is 4. The third-order valence-corrected chi connectivity index (χ3v) is 5.88. The maximum atomic E-state index is 6.10. The molecule has 3 aliphatic heterocycles. The number of piperidine rings is 2. The van der Waals surface area contributed by atoms with Crippen molar-refractivity contribution in [3.63, 3.8) is 0 Å². The second-order valence-corrected chi connectivity index (χ2v) is 7.95. The second kappa shape index (κ2) is 8.80. The van der Waals surface area contributed by atoms with E-state index in [1.54, 1.807) is 0 Å². The quantitative estimate of drug-likeness (QED) is 0.750. The highest BCUT2D eigenvalue weighted by molar-refractivity contribution is 4.84. The highest BCUT2D eigenvalue weighted by Crippen LogP contribution is 2.23. The molecule has 134 valence electrons. The van der Waals surface area contributed by atoms with Crippen LogP contribution in [0, 0.1) is 0 Å². The van der Waals surface area contributed by atoms with Crippen LogP contribution in [-0.4, -0.2) is 73.5 Å². The van der Waals surface area contributed by atoms with Gasteiger partial charge in [0.15, 0.2) is 0 Å². The van der Waals surface area contributed by atoms with E-state index in [4.69, 9.17) is 9.47 Å². The first-order valence-electron chi connectivity index (χ1n) is 9.93. The fourth-order valence-electron chi connectivity index (χ4n) is 4.47. The summed E-state index contributed by atoms with van der Waals surface area (Å²) in [6, 6.07) is 1.46. The summed E-state index contributed by atoms with van der Waals surface area (Å²) in [5.41, 5.74) is 0. The first kappa shape index (κ1) is 17.7. The van der Waals surface area contributed by atoms with Crippen LogP contribution in [0.25, 0.3) is 0 Å². The summed E-state index contributed by atoms with van der Waals surface area (Å²) in [6.07, 6.45) is 9.79. The van der Waals surface area contributed by atoms with Gasteiger partial charge >= 0.3 is 0 Å². The average Bonchev–Trinajstić information content (AvgIpc) is 3.08. The lowest BCUT2D eigenvalue weighted by Gasteiger charge is -2.42. The molecule has 0 aromatic carbocycles. The number of rotatable bonds is 6. The van der Waals surface area contributed by atoms with Gasteiger partial charge in [-0.1, -0.05) is 6.42 Å². The normalized spacial score (nSPS) is 32.0. The van der Waals surface area contributed by atoms with Crippen LogP contribution < -0.4 is 0 Å². The van der Waals surface area contributed by atoms with E-state index in [0.29, 0.717) is 18.2 Å². The van der Waals surface area contributed by atoms with Crippen LogP contribution >= 0.6 is 0 Å². The highest BCUT2D eigenvalue weighted by Gasteiger charge is 2.28. The van der Waals surface area contributed by atoms with Crippen molar-refractivity contribution in [2.45, 2.75) is 83.1 Å². The second-order valence-electron chi connectivity index (χ2n) is 7.95. The molecule has 0 spiro atoms. The van der Waals surface area contributed by atoms with Gasteiger partial charge in [-0.3, -0.25) is 4.90 Å². The molecule has 4 heteroatoms. The fraction of sp³-hybridized carbons (Fsp3) is 1.00. The summed E-state index contributed by atoms with van der Waals surface area (Å²) in [6.45, 7) is 11.4. The third-order valence-electron chi connectivity index (χ3n) is 5.88. The molecular formula is C19H36N2O2. The molecule has 3 saturated heterocycles. The molecule has 23 heavy (non-hydrogen) atoms. The van der Waals surface area contributed by atoms with Gasteiger partial charge < -0.3 is 14.4 Å². The van der Waals surface area contributed by atoms with E-state index in [9.17, 15) is 0 Å². The van der Waals surface area contributed by atoms with Crippen molar-refractivity contribution in [3.8, 4) is 0 Å². The summed E-state index contributed by atoms with van der Waals surface area (Å²) in [5.74, 6) is 0. The smallest absolute Gasteiger partial charge is 0.0809 e. The van der Waals surface area contributed by atoms with Crippen LogP contribution in [0.1, 0.15) is 58.8 Å². The fourth-order valence-corrected chi connectivity index (χ4v) is 4.47. The van der Waals surface area contributed by atoms with Crippen molar-refractivity contribution in [1.29, 1.82) is 0 Å². The Balaban J connectivity index is 1.36. The molecular weight excluding hydrogens is 288 g/mol. The molecule has 4 nitrogen and oxygen atoms in total. The molecule has 0 amide bonds. The lowest BCUT2D eigenvalue weighted by molar-refractivity contribution is -0.0452. The average molecular weight is 325 g/mol. The first-order valence-corrected chi connectivity index (χ1v) is 9.93. The van der Waals surface area contributed by atoms with Crippen molar-refractivity contribution in [2.24, 2.45) is 0 Å².